The van der Waals surface area contributed by atoms with Crippen molar-refractivity contribution in [2.45, 2.75) is 6.54 Å². The molecular formula is C18H14N4O3S. The second-order valence-corrected chi connectivity index (χ2v) is 6.19. The smallest absolute Gasteiger partial charge is 0.262 e. The lowest BCUT2D eigenvalue weighted by atomic mass is 10.1. The highest BCUT2D eigenvalue weighted by Crippen LogP contribution is 2.15. The van der Waals surface area contributed by atoms with Crippen LogP contribution in [-0.4, -0.2) is 27.9 Å². The van der Waals surface area contributed by atoms with E-state index in [2.05, 4.69) is 21.5 Å². The molecule has 0 atom stereocenters. The van der Waals surface area contributed by atoms with Gasteiger partial charge in [0.15, 0.2) is 0 Å². The maximum absolute atomic E-state index is 12.3. The average molecular weight is 366 g/mol. The first kappa shape index (κ1) is 17.4. The van der Waals surface area contributed by atoms with Gasteiger partial charge in [0.2, 0.25) is 5.91 Å². The predicted molar refractivity (Wildman–Crippen MR) is 100 cm³/mol. The SMILES string of the molecule is C#CCNC(=O)c1ccccc1NC(=O)Cn1cnc2sccc2c1=O. The second kappa shape index (κ2) is 7.63. The van der Waals surface area contributed by atoms with Crippen molar-refractivity contribution in [2.24, 2.45) is 0 Å². The molecule has 0 aliphatic carbocycles. The van der Waals surface area contributed by atoms with Crippen LogP contribution in [0.2, 0.25) is 0 Å². The number of aromatic nitrogens is 2. The first-order valence-electron chi connectivity index (χ1n) is 7.63. The van der Waals surface area contributed by atoms with E-state index in [1.54, 1.807) is 35.7 Å². The van der Waals surface area contributed by atoms with Crippen molar-refractivity contribution in [2.75, 3.05) is 11.9 Å². The Bertz CT molecular complexity index is 1080. The predicted octanol–water partition coefficient (Wildman–Crippen LogP) is 1.46. The number of thiophene rings is 1. The Morgan fingerprint density at radius 3 is 2.88 bits per heavy atom. The van der Waals surface area contributed by atoms with Crippen LogP contribution in [0.3, 0.4) is 0 Å². The molecule has 2 heterocycles. The molecule has 2 aromatic heterocycles. The summed E-state index contributed by atoms with van der Waals surface area (Å²) in [5.74, 6) is 1.48. The number of fused-ring (bicyclic) bond motifs is 1. The van der Waals surface area contributed by atoms with Crippen molar-refractivity contribution in [3.05, 3.63) is 58.0 Å². The highest BCUT2D eigenvalue weighted by Gasteiger charge is 2.14. The van der Waals surface area contributed by atoms with Gasteiger partial charge in [-0.25, -0.2) is 4.98 Å². The van der Waals surface area contributed by atoms with Crippen LogP contribution < -0.4 is 16.2 Å². The quantitative estimate of drug-likeness (QED) is 0.669. The van der Waals surface area contributed by atoms with Gasteiger partial charge in [-0.1, -0.05) is 18.1 Å². The molecule has 3 aromatic rings. The maximum atomic E-state index is 12.3. The normalized spacial score (nSPS) is 10.3. The number of nitrogens with zero attached hydrogens (tertiary/aromatic N) is 2. The summed E-state index contributed by atoms with van der Waals surface area (Å²) in [7, 11) is 0. The number of hydrogen-bond donors (Lipinski definition) is 2. The van der Waals surface area contributed by atoms with Crippen molar-refractivity contribution < 1.29 is 9.59 Å². The average Bonchev–Trinajstić information content (AvgIpc) is 3.12. The van der Waals surface area contributed by atoms with Crippen LogP contribution in [0.4, 0.5) is 5.69 Å². The van der Waals surface area contributed by atoms with Gasteiger partial charge in [0.1, 0.15) is 11.4 Å². The van der Waals surface area contributed by atoms with E-state index in [-0.39, 0.29) is 24.2 Å². The van der Waals surface area contributed by atoms with Gasteiger partial charge in [-0.15, -0.1) is 17.8 Å². The molecule has 2 amide bonds. The molecule has 2 N–H and O–H groups in total. The Balaban J connectivity index is 1.78. The summed E-state index contributed by atoms with van der Waals surface area (Å²) in [6.07, 6.45) is 6.47. The van der Waals surface area contributed by atoms with Crippen LogP contribution >= 0.6 is 11.3 Å². The van der Waals surface area contributed by atoms with Crippen LogP contribution in [0, 0.1) is 12.3 Å². The summed E-state index contributed by atoms with van der Waals surface area (Å²) in [6.45, 7) is -0.124. The Morgan fingerprint density at radius 1 is 1.27 bits per heavy atom. The number of hydrogen-bond acceptors (Lipinski definition) is 5. The van der Waals surface area contributed by atoms with Gasteiger partial charge in [-0.05, 0) is 23.6 Å². The van der Waals surface area contributed by atoms with Crippen LogP contribution in [0.5, 0.6) is 0 Å². The Hall–Kier alpha value is -3.44. The summed E-state index contributed by atoms with van der Waals surface area (Å²) in [4.78, 5) is 41.6. The van der Waals surface area contributed by atoms with E-state index in [1.165, 1.54) is 22.2 Å². The fraction of sp³-hybridized carbons (Fsp3) is 0.111. The molecule has 7 nitrogen and oxygen atoms in total. The molecule has 0 bridgehead atoms. The van der Waals surface area contributed by atoms with Crippen molar-refractivity contribution in [1.82, 2.24) is 14.9 Å². The maximum Gasteiger partial charge on any atom is 0.262 e. The van der Waals surface area contributed by atoms with Crippen molar-refractivity contribution >= 4 is 39.1 Å². The van der Waals surface area contributed by atoms with E-state index in [9.17, 15) is 14.4 Å². The van der Waals surface area contributed by atoms with E-state index in [1.807, 2.05) is 0 Å². The van der Waals surface area contributed by atoms with Gasteiger partial charge < -0.3 is 10.6 Å². The molecule has 0 unspecified atom stereocenters. The molecule has 0 aliphatic heterocycles. The Morgan fingerprint density at radius 2 is 2.08 bits per heavy atom. The van der Waals surface area contributed by atoms with Gasteiger partial charge in [0, 0.05) is 0 Å². The zero-order valence-corrected chi connectivity index (χ0v) is 14.4. The van der Waals surface area contributed by atoms with Crippen LogP contribution in [0.25, 0.3) is 10.2 Å². The number of carbonyl (C=O) groups excluding carboxylic acids is 2. The molecule has 0 spiro atoms. The van der Waals surface area contributed by atoms with Crippen molar-refractivity contribution in [1.29, 1.82) is 0 Å². The summed E-state index contributed by atoms with van der Waals surface area (Å²) in [6, 6.07) is 8.23. The minimum atomic E-state index is -0.444. The summed E-state index contributed by atoms with van der Waals surface area (Å²) >= 11 is 1.36. The number of anilines is 1. The summed E-state index contributed by atoms with van der Waals surface area (Å²) in [5, 5.41) is 7.44. The van der Waals surface area contributed by atoms with Crippen LogP contribution in [-0.2, 0) is 11.3 Å². The van der Waals surface area contributed by atoms with Crippen molar-refractivity contribution in [3.8, 4) is 12.3 Å². The molecule has 0 saturated heterocycles. The van der Waals surface area contributed by atoms with Crippen molar-refractivity contribution in [3.63, 3.8) is 0 Å². The Kier molecular flexibility index (Phi) is 5.10. The highest BCUT2D eigenvalue weighted by atomic mass is 32.1. The van der Waals surface area contributed by atoms with E-state index >= 15 is 0 Å². The van der Waals surface area contributed by atoms with Gasteiger partial charge in [0.25, 0.3) is 11.5 Å². The lowest BCUT2D eigenvalue weighted by molar-refractivity contribution is -0.116. The monoisotopic (exact) mass is 366 g/mol. The van der Waals surface area contributed by atoms with E-state index in [4.69, 9.17) is 6.42 Å². The number of rotatable bonds is 5. The first-order valence-corrected chi connectivity index (χ1v) is 8.51. The molecule has 26 heavy (non-hydrogen) atoms. The first-order chi connectivity index (χ1) is 12.6. The third-order valence-electron chi connectivity index (χ3n) is 3.56. The van der Waals surface area contributed by atoms with Crippen LogP contribution in [0.15, 0.2) is 46.8 Å². The number of nitrogens with one attached hydrogen (secondary N) is 2. The second-order valence-electron chi connectivity index (χ2n) is 5.30. The molecule has 1 aromatic carbocycles. The molecule has 3 rings (SSSR count). The van der Waals surface area contributed by atoms with E-state index in [0.29, 0.717) is 15.9 Å². The highest BCUT2D eigenvalue weighted by molar-refractivity contribution is 7.16. The number of terminal acetylenes is 1. The lowest BCUT2D eigenvalue weighted by Gasteiger charge is -2.11. The topological polar surface area (TPSA) is 93.1 Å². The zero-order chi connectivity index (χ0) is 18.5. The number of para-hydroxylation sites is 1. The van der Waals surface area contributed by atoms with Gasteiger partial charge in [-0.3, -0.25) is 19.0 Å². The minimum Gasteiger partial charge on any atom is -0.341 e. The summed E-state index contributed by atoms with van der Waals surface area (Å²) in [5.41, 5.74) is 0.339. The molecular weight excluding hydrogens is 352 g/mol. The molecule has 0 radical (unpaired) electrons. The molecule has 0 aliphatic rings. The molecule has 130 valence electrons. The minimum absolute atomic E-state index is 0.0861. The standard InChI is InChI=1S/C18H14N4O3S/c1-2-8-19-16(24)12-5-3-4-6-14(12)21-15(23)10-22-11-20-17-13(18(22)25)7-9-26-17/h1,3-7,9,11H,8,10H2,(H,19,24)(H,21,23). The number of benzene rings is 1. The fourth-order valence-corrected chi connectivity index (χ4v) is 3.09. The molecule has 0 fully saturated rings. The van der Waals surface area contributed by atoms with E-state index < -0.39 is 11.8 Å². The van der Waals surface area contributed by atoms with Gasteiger partial charge in [-0.2, -0.15) is 0 Å². The van der Waals surface area contributed by atoms with Gasteiger partial charge >= 0.3 is 0 Å². The third-order valence-corrected chi connectivity index (χ3v) is 4.38. The summed E-state index contributed by atoms with van der Waals surface area (Å²) < 4.78 is 1.23. The molecule has 8 heteroatoms. The third kappa shape index (κ3) is 3.63. The molecule has 0 saturated carbocycles. The van der Waals surface area contributed by atoms with E-state index in [0.717, 1.165) is 0 Å². The number of amides is 2. The largest absolute Gasteiger partial charge is 0.341 e. The Labute approximate surface area is 152 Å². The fourth-order valence-electron chi connectivity index (χ4n) is 2.37. The lowest BCUT2D eigenvalue weighted by Crippen LogP contribution is -2.29. The van der Waals surface area contributed by atoms with Crippen LogP contribution in [0.1, 0.15) is 10.4 Å². The number of carbonyl (C=O) groups is 2. The zero-order valence-electron chi connectivity index (χ0n) is 13.6. The van der Waals surface area contributed by atoms with Gasteiger partial charge in [0.05, 0.1) is 29.5 Å².